The van der Waals surface area contributed by atoms with Gasteiger partial charge >= 0.3 is 18.1 Å². The van der Waals surface area contributed by atoms with E-state index in [0.29, 0.717) is 19.3 Å². The predicted molar refractivity (Wildman–Crippen MR) is 225 cm³/mol. The van der Waals surface area contributed by atoms with Crippen LogP contribution in [0.25, 0.3) is 0 Å². The van der Waals surface area contributed by atoms with Crippen LogP contribution >= 0.6 is 0 Å². The van der Waals surface area contributed by atoms with Gasteiger partial charge in [0.2, 0.25) is 0 Å². The van der Waals surface area contributed by atoms with Gasteiger partial charge in [-0.1, -0.05) is 127 Å². The predicted octanol–water partition coefficient (Wildman–Crippen LogP) is 12.4. The minimum absolute atomic E-state index is 0.0178. The van der Waals surface area contributed by atoms with E-state index in [2.05, 4.69) is 62.5 Å². The summed E-state index contributed by atoms with van der Waals surface area (Å²) in [7, 11) is 3.91. The lowest BCUT2D eigenvalue weighted by atomic mass is 10.1. The average molecular weight is 760 g/mol. The Balaban J connectivity index is 4.28. The molecule has 0 amide bonds. The van der Waals surface area contributed by atoms with Crippen LogP contribution < -0.4 is 0 Å². The standard InChI is InChI=1S/C46H81NO7/c1-5-7-9-11-13-15-17-19-21-23-25-27-29-31-33-36-44(48)52-40-43(42-54-46(50)51-39-35-38-47(3)4)41-53-45(49)37-34-32-30-28-26-24-22-20-18-16-14-12-10-8-6-2/h13-16,19-22,43H,5-12,17-18,23-42H2,1-4H3/b15-13-,16-14-,21-19-,22-20-. The first kappa shape index (κ1) is 51.1. The third kappa shape index (κ3) is 40.3. The van der Waals surface area contributed by atoms with Gasteiger partial charge < -0.3 is 23.8 Å². The summed E-state index contributed by atoms with van der Waals surface area (Å²) in [5.74, 6) is -1.02. The second kappa shape index (κ2) is 41.3. The molecule has 8 nitrogen and oxygen atoms in total. The van der Waals surface area contributed by atoms with Gasteiger partial charge in [0, 0.05) is 19.4 Å². The molecule has 0 N–H and O–H groups in total. The maximum Gasteiger partial charge on any atom is 0.508 e. The van der Waals surface area contributed by atoms with Crippen LogP contribution in [0.5, 0.6) is 0 Å². The topological polar surface area (TPSA) is 91.4 Å². The first-order valence-corrected chi connectivity index (χ1v) is 21.7. The molecule has 54 heavy (non-hydrogen) atoms. The molecule has 312 valence electrons. The molecule has 0 fully saturated rings. The summed E-state index contributed by atoms with van der Waals surface area (Å²) in [6.45, 7) is 5.50. The van der Waals surface area contributed by atoms with Gasteiger partial charge in [-0.15, -0.1) is 0 Å². The van der Waals surface area contributed by atoms with Crippen molar-refractivity contribution in [2.75, 3.05) is 47.1 Å². The number of hydrogen-bond donors (Lipinski definition) is 0. The van der Waals surface area contributed by atoms with Gasteiger partial charge in [-0.2, -0.15) is 0 Å². The Labute approximate surface area is 331 Å². The Morgan fingerprint density at radius 2 is 0.852 bits per heavy atom. The SMILES string of the molecule is CCCCC/C=C\C/C=C\CCCCCCCC(=O)OCC(COC(=O)CCCCCCC/C=C\C/C=C\CCCCC)COC(=O)OCCCN(C)C. The highest BCUT2D eigenvalue weighted by atomic mass is 16.7. The van der Waals surface area contributed by atoms with E-state index in [1.54, 1.807) is 0 Å². The van der Waals surface area contributed by atoms with Gasteiger partial charge in [-0.25, -0.2) is 4.79 Å². The van der Waals surface area contributed by atoms with Crippen molar-refractivity contribution in [3.63, 3.8) is 0 Å². The van der Waals surface area contributed by atoms with Gasteiger partial charge in [0.15, 0.2) is 0 Å². The smallest absolute Gasteiger partial charge is 0.465 e. The largest absolute Gasteiger partial charge is 0.508 e. The van der Waals surface area contributed by atoms with Crippen LogP contribution in [0, 0.1) is 5.92 Å². The van der Waals surface area contributed by atoms with Crippen LogP contribution in [0.15, 0.2) is 48.6 Å². The van der Waals surface area contributed by atoms with Crippen molar-refractivity contribution >= 4 is 18.1 Å². The van der Waals surface area contributed by atoms with E-state index in [9.17, 15) is 14.4 Å². The molecule has 0 atom stereocenters. The number of hydrogen-bond acceptors (Lipinski definition) is 8. The van der Waals surface area contributed by atoms with Crippen LogP contribution in [0.3, 0.4) is 0 Å². The molecule has 0 aliphatic carbocycles. The summed E-state index contributed by atoms with van der Waals surface area (Å²) >= 11 is 0. The van der Waals surface area contributed by atoms with Gasteiger partial charge in [0.1, 0.15) is 19.8 Å². The van der Waals surface area contributed by atoms with E-state index in [0.717, 1.165) is 96.4 Å². The molecule has 0 radical (unpaired) electrons. The average Bonchev–Trinajstić information content (AvgIpc) is 3.16. The lowest BCUT2D eigenvalue weighted by Gasteiger charge is -2.17. The van der Waals surface area contributed by atoms with E-state index < -0.39 is 12.1 Å². The zero-order valence-electron chi connectivity index (χ0n) is 35.2. The highest BCUT2D eigenvalue weighted by Gasteiger charge is 2.18. The first-order chi connectivity index (χ1) is 26.4. The molecule has 0 aromatic rings. The zero-order chi connectivity index (χ0) is 39.6. The fourth-order valence-electron chi connectivity index (χ4n) is 5.64. The highest BCUT2D eigenvalue weighted by molar-refractivity contribution is 5.69. The van der Waals surface area contributed by atoms with Crippen molar-refractivity contribution in [3.8, 4) is 0 Å². The molecular formula is C46H81NO7. The third-order valence-electron chi connectivity index (χ3n) is 9.03. The van der Waals surface area contributed by atoms with Crippen molar-refractivity contribution in [2.45, 2.75) is 174 Å². The number of carbonyl (C=O) groups is 3. The number of unbranched alkanes of at least 4 members (excludes halogenated alkanes) is 16. The van der Waals surface area contributed by atoms with Gasteiger partial charge in [-0.3, -0.25) is 9.59 Å². The van der Waals surface area contributed by atoms with Crippen molar-refractivity contribution in [3.05, 3.63) is 48.6 Å². The molecule has 0 saturated heterocycles. The summed E-state index contributed by atoms with van der Waals surface area (Å²) in [6.07, 6.45) is 43.4. The Morgan fingerprint density at radius 1 is 0.463 bits per heavy atom. The molecule has 8 heteroatoms. The second-order valence-corrected chi connectivity index (χ2v) is 14.8. The van der Waals surface area contributed by atoms with E-state index in [1.165, 1.54) is 51.4 Å². The van der Waals surface area contributed by atoms with Gasteiger partial charge in [0.05, 0.1) is 12.5 Å². The second-order valence-electron chi connectivity index (χ2n) is 14.8. The molecule has 0 aliphatic rings. The Hall–Kier alpha value is -2.87. The lowest BCUT2D eigenvalue weighted by Crippen LogP contribution is -2.27. The van der Waals surface area contributed by atoms with Gasteiger partial charge in [-0.05, 0) is 97.6 Å². The molecule has 0 rings (SSSR count). The molecule has 0 aliphatic heterocycles. The molecule has 0 aromatic heterocycles. The Kier molecular flexibility index (Phi) is 39.1. The third-order valence-corrected chi connectivity index (χ3v) is 9.03. The maximum absolute atomic E-state index is 12.5. The zero-order valence-corrected chi connectivity index (χ0v) is 35.2. The number of esters is 2. The number of ether oxygens (including phenoxy) is 4. The quantitative estimate of drug-likeness (QED) is 0.0266. The monoisotopic (exact) mass is 760 g/mol. The molecule has 0 spiro atoms. The number of allylic oxidation sites excluding steroid dienone is 8. The highest BCUT2D eigenvalue weighted by Crippen LogP contribution is 2.12. The van der Waals surface area contributed by atoms with E-state index in [4.69, 9.17) is 18.9 Å². The van der Waals surface area contributed by atoms with Crippen LogP contribution in [0.2, 0.25) is 0 Å². The van der Waals surface area contributed by atoms with Gasteiger partial charge in [0.25, 0.3) is 0 Å². The summed E-state index contributed by atoms with van der Waals surface area (Å²) in [5, 5.41) is 0. The van der Waals surface area contributed by atoms with E-state index in [1.807, 2.05) is 19.0 Å². The first-order valence-electron chi connectivity index (χ1n) is 21.7. The molecule has 0 saturated carbocycles. The summed E-state index contributed by atoms with van der Waals surface area (Å²) in [4.78, 5) is 39.1. The maximum atomic E-state index is 12.5. The number of nitrogens with zero attached hydrogens (tertiary/aromatic N) is 1. The molecule has 0 heterocycles. The molecule has 0 bridgehead atoms. The summed E-state index contributed by atoms with van der Waals surface area (Å²) in [6, 6.07) is 0. The van der Waals surface area contributed by atoms with Crippen LogP contribution in [0.1, 0.15) is 174 Å². The lowest BCUT2D eigenvalue weighted by molar-refractivity contribution is -0.150. The van der Waals surface area contributed by atoms with Crippen molar-refractivity contribution in [2.24, 2.45) is 5.92 Å². The minimum Gasteiger partial charge on any atom is -0.465 e. The fourth-order valence-corrected chi connectivity index (χ4v) is 5.64. The molecular weight excluding hydrogens is 679 g/mol. The van der Waals surface area contributed by atoms with E-state index in [-0.39, 0.29) is 38.4 Å². The van der Waals surface area contributed by atoms with Crippen LogP contribution in [-0.2, 0) is 28.5 Å². The van der Waals surface area contributed by atoms with Crippen LogP contribution in [0.4, 0.5) is 4.79 Å². The Bertz CT molecular complexity index is 926. The number of rotatable bonds is 38. The van der Waals surface area contributed by atoms with E-state index >= 15 is 0 Å². The molecule has 0 aromatic carbocycles. The van der Waals surface area contributed by atoms with Crippen molar-refractivity contribution < 1.29 is 33.3 Å². The fraction of sp³-hybridized carbons (Fsp3) is 0.761. The summed E-state index contributed by atoms with van der Waals surface area (Å²) in [5.41, 5.74) is 0. The van der Waals surface area contributed by atoms with Crippen molar-refractivity contribution in [1.82, 2.24) is 4.90 Å². The normalized spacial score (nSPS) is 12.0. The Morgan fingerprint density at radius 3 is 1.28 bits per heavy atom. The summed E-state index contributed by atoms with van der Waals surface area (Å²) < 4.78 is 21.5. The minimum atomic E-state index is -0.772. The van der Waals surface area contributed by atoms with Crippen LogP contribution in [-0.4, -0.2) is 70.1 Å². The van der Waals surface area contributed by atoms with Crippen molar-refractivity contribution in [1.29, 1.82) is 0 Å². The number of carbonyl (C=O) groups excluding carboxylic acids is 3. The molecule has 0 unspecified atom stereocenters.